The van der Waals surface area contributed by atoms with Crippen LogP contribution >= 0.6 is 0 Å². The minimum atomic E-state index is -3.64. The quantitative estimate of drug-likeness (QED) is 0.427. The van der Waals surface area contributed by atoms with Crippen molar-refractivity contribution in [1.29, 1.82) is 0 Å². The summed E-state index contributed by atoms with van der Waals surface area (Å²) >= 11 is 0. The lowest BCUT2D eigenvalue weighted by Crippen LogP contribution is -2.45. The second-order valence-electron chi connectivity index (χ2n) is 8.57. The molecule has 0 spiro atoms. The molecule has 0 aromatic heterocycles. The minimum absolute atomic E-state index is 0.326. The van der Waals surface area contributed by atoms with E-state index >= 15 is 0 Å². The summed E-state index contributed by atoms with van der Waals surface area (Å²) in [5, 5.41) is 0. The van der Waals surface area contributed by atoms with Crippen molar-refractivity contribution >= 4 is 15.6 Å². The molecule has 1 aliphatic heterocycles. The molecule has 1 aliphatic rings. The van der Waals surface area contributed by atoms with Gasteiger partial charge in [0.1, 0.15) is 12.4 Å². The van der Waals surface area contributed by atoms with Crippen LogP contribution in [0.2, 0.25) is 0 Å². The molecule has 0 amide bonds. The normalized spacial score (nSPS) is 19.3. The van der Waals surface area contributed by atoms with Gasteiger partial charge in [0.05, 0.1) is 10.4 Å². The molecule has 1 unspecified atom stereocenters. The Bertz CT molecular complexity index is 1220. The lowest BCUT2D eigenvalue weighted by atomic mass is 9.85. The van der Waals surface area contributed by atoms with Crippen LogP contribution in [0.25, 0.3) is 5.57 Å². The smallest absolute Gasteiger partial charge is 0.241 e. The molecule has 1 heterocycles. The summed E-state index contributed by atoms with van der Waals surface area (Å²) in [5.41, 5.74) is 3.14. The second kappa shape index (κ2) is 9.94. The molecule has 1 atom stereocenters. The molecule has 0 aliphatic carbocycles. The zero-order valence-corrected chi connectivity index (χ0v) is 20.1. The number of rotatable bonds is 8. The maximum absolute atomic E-state index is 13.3. The van der Waals surface area contributed by atoms with Gasteiger partial charge in [-0.1, -0.05) is 93.4 Å². The van der Waals surface area contributed by atoms with Gasteiger partial charge in [-0.05, 0) is 47.7 Å². The minimum Gasteiger partial charge on any atom is -0.489 e. The molecule has 33 heavy (non-hydrogen) atoms. The average Bonchev–Trinajstić information content (AvgIpc) is 2.95. The first-order valence-electron chi connectivity index (χ1n) is 11.6. The van der Waals surface area contributed by atoms with Gasteiger partial charge in [0.2, 0.25) is 10.0 Å². The molecule has 172 valence electrons. The Kier molecular flexibility index (Phi) is 7.01. The molecule has 0 radical (unpaired) electrons. The van der Waals surface area contributed by atoms with Crippen molar-refractivity contribution in [2.75, 3.05) is 0 Å². The van der Waals surface area contributed by atoms with Gasteiger partial charge in [0, 0.05) is 5.56 Å². The Hall–Kier alpha value is -2.89. The van der Waals surface area contributed by atoms with E-state index in [-0.39, 0.29) is 0 Å². The van der Waals surface area contributed by atoms with Gasteiger partial charge in [0.15, 0.2) is 0 Å². The SMILES string of the molecule is CCCCC1(CC)C=C(c2ccc(OCc3ccccc3)cc2)c2ccccc2S(=O)(=O)N1. The van der Waals surface area contributed by atoms with E-state index in [0.29, 0.717) is 17.9 Å². The number of sulfonamides is 1. The van der Waals surface area contributed by atoms with Crippen LogP contribution in [-0.4, -0.2) is 14.0 Å². The zero-order valence-electron chi connectivity index (χ0n) is 19.3. The van der Waals surface area contributed by atoms with Crippen LogP contribution in [-0.2, 0) is 16.6 Å². The largest absolute Gasteiger partial charge is 0.489 e. The summed E-state index contributed by atoms with van der Waals surface area (Å²) in [7, 11) is -3.64. The van der Waals surface area contributed by atoms with Crippen molar-refractivity contribution in [2.24, 2.45) is 0 Å². The van der Waals surface area contributed by atoms with Crippen LogP contribution in [0, 0.1) is 0 Å². The van der Waals surface area contributed by atoms with E-state index in [1.54, 1.807) is 12.1 Å². The number of hydrogen-bond donors (Lipinski definition) is 1. The van der Waals surface area contributed by atoms with Crippen LogP contribution in [0.5, 0.6) is 5.75 Å². The van der Waals surface area contributed by atoms with Gasteiger partial charge in [-0.15, -0.1) is 0 Å². The lowest BCUT2D eigenvalue weighted by Gasteiger charge is -2.30. The topological polar surface area (TPSA) is 55.4 Å². The number of hydrogen-bond acceptors (Lipinski definition) is 3. The zero-order chi connectivity index (χ0) is 23.3. The highest BCUT2D eigenvalue weighted by atomic mass is 32.2. The first-order chi connectivity index (χ1) is 16.0. The van der Waals surface area contributed by atoms with E-state index in [0.717, 1.165) is 47.3 Å². The molecular weight excluding hydrogens is 430 g/mol. The summed E-state index contributed by atoms with van der Waals surface area (Å²) in [6, 6.07) is 25.3. The molecule has 0 fully saturated rings. The fourth-order valence-electron chi connectivity index (χ4n) is 4.31. The predicted molar refractivity (Wildman–Crippen MR) is 134 cm³/mol. The van der Waals surface area contributed by atoms with Crippen molar-refractivity contribution in [3.8, 4) is 5.75 Å². The van der Waals surface area contributed by atoms with Gasteiger partial charge in [0.25, 0.3) is 0 Å². The number of benzene rings is 3. The molecule has 0 saturated heterocycles. The second-order valence-corrected chi connectivity index (χ2v) is 10.2. The van der Waals surface area contributed by atoms with E-state index in [1.165, 1.54) is 0 Å². The first-order valence-corrected chi connectivity index (χ1v) is 13.1. The van der Waals surface area contributed by atoms with Crippen LogP contribution in [0.15, 0.2) is 89.8 Å². The summed E-state index contributed by atoms with van der Waals surface area (Å²) in [6.07, 6.45) is 5.53. The van der Waals surface area contributed by atoms with Gasteiger partial charge in [-0.3, -0.25) is 0 Å². The van der Waals surface area contributed by atoms with Crippen LogP contribution < -0.4 is 9.46 Å². The molecule has 1 N–H and O–H groups in total. The number of nitrogens with one attached hydrogen (secondary N) is 1. The molecule has 4 rings (SSSR count). The molecule has 0 bridgehead atoms. The Morgan fingerprint density at radius 2 is 1.58 bits per heavy atom. The summed E-state index contributed by atoms with van der Waals surface area (Å²) < 4.78 is 35.6. The number of unbranched alkanes of at least 4 members (excludes halogenated alkanes) is 1. The number of ether oxygens (including phenoxy) is 1. The van der Waals surface area contributed by atoms with Crippen LogP contribution in [0.4, 0.5) is 0 Å². The molecule has 5 heteroatoms. The highest BCUT2D eigenvalue weighted by molar-refractivity contribution is 7.89. The highest BCUT2D eigenvalue weighted by Crippen LogP contribution is 2.38. The highest BCUT2D eigenvalue weighted by Gasteiger charge is 2.36. The van der Waals surface area contributed by atoms with E-state index in [2.05, 4.69) is 17.7 Å². The third-order valence-corrected chi connectivity index (χ3v) is 7.86. The Labute approximate surface area is 197 Å². The average molecular weight is 462 g/mol. The Balaban J connectivity index is 1.72. The molecule has 4 nitrogen and oxygen atoms in total. The van der Waals surface area contributed by atoms with Gasteiger partial charge in [-0.25, -0.2) is 13.1 Å². The van der Waals surface area contributed by atoms with Crippen molar-refractivity contribution < 1.29 is 13.2 Å². The third-order valence-electron chi connectivity index (χ3n) is 6.25. The lowest BCUT2D eigenvalue weighted by molar-refractivity contribution is 0.306. The number of fused-ring (bicyclic) bond motifs is 1. The van der Waals surface area contributed by atoms with Crippen molar-refractivity contribution in [3.63, 3.8) is 0 Å². The molecule has 0 saturated carbocycles. The van der Waals surface area contributed by atoms with Crippen molar-refractivity contribution in [3.05, 3.63) is 102 Å². The van der Waals surface area contributed by atoms with Gasteiger partial charge >= 0.3 is 0 Å². The monoisotopic (exact) mass is 461 g/mol. The van der Waals surface area contributed by atoms with Crippen LogP contribution in [0.3, 0.4) is 0 Å². The summed E-state index contributed by atoms with van der Waals surface area (Å²) in [5.74, 6) is 0.781. The van der Waals surface area contributed by atoms with Crippen molar-refractivity contribution in [2.45, 2.75) is 56.6 Å². The maximum Gasteiger partial charge on any atom is 0.241 e. The maximum atomic E-state index is 13.3. The van der Waals surface area contributed by atoms with E-state index in [1.807, 2.05) is 73.7 Å². The molecule has 3 aromatic rings. The van der Waals surface area contributed by atoms with E-state index in [4.69, 9.17) is 4.74 Å². The summed E-state index contributed by atoms with van der Waals surface area (Å²) in [6.45, 7) is 4.68. The van der Waals surface area contributed by atoms with E-state index < -0.39 is 15.6 Å². The standard InChI is InChI=1S/C28H31NO3S/c1-3-5-19-28(4-2)20-26(25-13-9-10-14-27(25)33(30,31)29-28)23-15-17-24(18-16-23)32-21-22-11-7-6-8-12-22/h6-18,20,29H,3-5,19,21H2,1-2H3. The first kappa shape index (κ1) is 23.3. The van der Waals surface area contributed by atoms with Gasteiger partial charge in [-0.2, -0.15) is 0 Å². The van der Waals surface area contributed by atoms with E-state index in [9.17, 15) is 8.42 Å². The van der Waals surface area contributed by atoms with Crippen molar-refractivity contribution in [1.82, 2.24) is 4.72 Å². The summed E-state index contributed by atoms with van der Waals surface area (Å²) in [4.78, 5) is 0.326. The van der Waals surface area contributed by atoms with Gasteiger partial charge < -0.3 is 4.74 Å². The molecule has 3 aromatic carbocycles. The van der Waals surface area contributed by atoms with Crippen LogP contribution in [0.1, 0.15) is 56.2 Å². The predicted octanol–water partition coefficient (Wildman–Crippen LogP) is 6.33. The Morgan fingerprint density at radius 3 is 2.27 bits per heavy atom. The third kappa shape index (κ3) is 5.21. The molecular formula is C28H31NO3S. The Morgan fingerprint density at radius 1 is 0.879 bits per heavy atom. The fraction of sp³-hybridized carbons (Fsp3) is 0.286. The fourth-order valence-corrected chi connectivity index (χ4v) is 5.98.